The number of nitrogen functional groups attached to an aromatic ring is 1. The number of aliphatic hydroxyl groups excluding tert-OH is 1. The fraction of sp³-hybridized carbons (Fsp3) is 0.600. The van der Waals surface area contributed by atoms with E-state index in [0.717, 1.165) is 6.42 Å². The maximum Gasteiger partial charge on any atom is 0.132 e. The van der Waals surface area contributed by atoms with Crippen LogP contribution in [0.25, 0.3) is 0 Å². The molecule has 0 spiro atoms. The van der Waals surface area contributed by atoms with Crippen molar-refractivity contribution in [3.63, 3.8) is 0 Å². The quantitative estimate of drug-likeness (QED) is 0.669. The monoisotopic (exact) mass is 210 g/mol. The molecule has 1 aromatic heterocycles. The van der Waals surface area contributed by atoms with E-state index in [1.807, 2.05) is 13.8 Å². The van der Waals surface area contributed by atoms with Crippen molar-refractivity contribution in [2.24, 2.45) is 0 Å². The Bertz CT molecular complexity index is 316. The SMILES string of the molecule is CCc1nc(N)cc(NCC(O)CC)n1. The molecule has 0 saturated carbocycles. The minimum Gasteiger partial charge on any atom is -0.391 e. The number of nitrogens with zero attached hydrogens (tertiary/aromatic N) is 2. The molecule has 1 rings (SSSR count). The third kappa shape index (κ3) is 3.71. The van der Waals surface area contributed by atoms with Crippen molar-refractivity contribution < 1.29 is 5.11 Å². The predicted molar refractivity (Wildman–Crippen MR) is 60.6 cm³/mol. The molecular formula is C10H18N4O. The first-order chi connectivity index (χ1) is 7.15. The molecule has 15 heavy (non-hydrogen) atoms. The molecular weight excluding hydrogens is 192 g/mol. The smallest absolute Gasteiger partial charge is 0.132 e. The standard InChI is InChI=1S/C10H18N4O/c1-3-7(15)6-12-10-5-8(11)13-9(4-2)14-10/h5,7,15H,3-4,6H2,1-2H3,(H3,11,12,13,14). The van der Waals surface area contributed by atoms with Crippen molar-refractivity contribution >= 4 is 11.6 Å². The van der Waals surface area contributed by atoms with Gasteiger partial charge in [0.2, 0.25) is 0 Å². The lowest BCUT2D eigenvalue weighted by Gasteiger charge is -2.10. The lowest BCUT2D eigenvalue weighted by molar-refractivity contribution is 0.183. The minimum absolute atomic E-state index is 0.355. The fourth-order valence-electron chi connectivity index (χ4n) is 1.13. The van der Waals surface area contributed by atoms with Crippen molar-refractivity contribution in [3.05, 3.63) is 11.9 Å². The van der Waals surface area contributed by atoms with E-state index >= 15 is 0 Å². The van der Waals surface area contributed by atoms with Crippen LogP contribution in [0.3, 0.4) is 0 Å². The highest BCUT2D eigenvalue weighted by Crippen LogP contribution is 2.08. The number of nitrogens with one attached hydrogen (secondary N) is 1. The molecule has 0 aromatic carbocycles. The van der Waals surface area contributed by atoms with E-state index in [-0.39, 0.29) is 6.10 Å². The number of hydrogen-bond acceptors (Lipinski definition) is 5. The van der Waals surface area contributed by atoms with Crippen LogP contribution in [0, 0.1) is 0 Å². The zero-order valence-corrected chi connectivity index (χ0v) is 9.20. The lowest BCUT2D eigenvalue weighted by atomic mass is 10.3. The topological polar surface area (TPSA) is 84.1 Å². The number of aromatic nitrogens is 2. The number of nitrogens with two attached hydrogens (primary N) is 1. The normalized spacial score (nSPS) is 12.5. The van der Waals surface area contributed by atoms with Crippen molar-refractivity contribution in [1.82, 2.24) is 9.97 Å². The number of anilines is 2. The molecule has 5 nitrogen and oxygen atoms in total. The summed E-state index contributed by atoms with van der Waals surface area (Å²) >= 11 is 0. The van der Waals surface area contributed by atoms with Gasteiger partial charge in [0, 0.05) is 19.0 Å². The highest BCUT2D eigenvalue weighted by atomic mass is 16.3. The van der Waals surface area contributed by atoms with Gasteiger partial charge in [-0.1, -0.05) is 13.8 Å². The number of rotatable bonds is 5. The number of aryl methyl sites for hydroxylation is 1. The van der Waals surface area contributed by atoms with Gasteiger partial charge in [-0.05, 0) is 6.42 Å². The molecule has 0 aliphatic rings. The molecule has 0 amide bonds. The summed E-state index contributed by atoms with van der Waals surface area (Å²) in [7, 11) is 0. The van der Waals surface area contributed by atoms with Crippen LogP contribution in [-0.4, -0.2) is 27.7 Å². The summed E-state index contributed by atoms with van der Waals surface area (Å²) in [6, 6.07) is 1.67. The van der Waals surface area contributed by atoms with Crippen molar-refractivity contribution in [3.8, 4) is 0 Å². The molecule has 0 fully saturated rings. The predicted octanol–water partition coefficient (Wildman–Crippen LogP) is 0.804. The average molecular weight is 210 g/mol. The van der Waals surface area contributed by atoms with Gasteiger partial charge in [-0.3, -0.25) is 0 Å². The van der Waals surface area contributed by atoms with E-state index in [1.54, 1.807) is 6.07 Å². The van der Waals surface area contributed by atoms with Crippen LogP contribution in [0.5, 0.6) is 0 Å². The van der Waals surface area contributed by atoms with Gasteiger partial charge < -0.3 is 16.2 Å². The largest absolute Gasteiger partial charge is 0.391 e. The molecule has 0 radical (unpaired) electrons. The molecule has 84 valence electrons. The zero-order valence-electron chi connectivity index (χ0n) is 9.20. The summed E-state index contributed by atoms with van der Waals surface area (Å²) in [5, 5.41) is 12.4. The van der Waals surface area contributed by atoms with Gasteiger partial charge in [-0.25, -0.2) is 9.97 Å². The Kier molecular flexibility index (Phi) is 4.30. The maximum absolute atomic E-state index is 9.38. The molecule has 4 N–H and O–H groups in total. The van der Waals surface area contributed by atoms with E-state index in [0.29, 0.717) is 30.4 Å². The molecule has 1 atom stereocenters. The third-order valence-electron chi connectivity index (χ3n) is 2.10. The second-order valence-corrected chi connectivity index (χ2v) is 3.39. The Labute approximate surface area is 89.7 Å². The summed E-state index contributed by atoms with van der Waals surface area (Å²) in [4.78, 5) is 8.31. The highest BCUT2D eigenvalue weighted by molar-refractivity contribution is 5.44. The van der Waals surface area contributed by atoms with E-state index in [9.17, 15) is 5.11 Å². The van der Waals surface area contributed by atoms with Crippen LogP contribution in [-0.2, 0) is 6.42 Å². The van der Waals surface area contributed by atoms with E-state index in [4.69, 9.17) is 5.73 Å². The summed E-state index contributed by atoms with van der Waals surface area (Å²) in [6.07, 6.45) is 1.11. The number of hydrogen-bond donors (Lipinski definition) is 3. The fourth-order valence-corrected chi connectivity index (χ4v) is 1.13. The molecule has 1 heterocycles. The summed E-state index contributed by atoms with van der Waals surface area (Å²) in [6.45, 7) is 4.38. The number of aliphatic hydroxyl groups is 1. The van der Waals surface area contributed by atoms with E-state index < -0.39 is 0 Å². The molecule has 0 aliphatic carbocycles. The molecule has 0 saturated heterocycles. The molecule has 5 heteroatoms. The van der Waals surface area contributed by atoms with Gasteiger partial charge in [0.1, 0.15) is 17.5 Å². The minimum atomic E-state index is -0.355. The van der Waals surface area contributed by atoms with Crippen LogP contribution >= 0.6 is 0 Å². The van der Waals surface area contributed by atoms with Crippen molar-refractivity contribution in [2.75, 3.05) is 17.6 Å². The highest BCUT2D eigenvalue weighted by Gasteiger charge is 2.03. The van der Waals surface area contributed by atoms with Crippen LogP contribution < -0.4 is 11.1 Å². The van der Waals surface area contributed by atoms with Gasteiger partial charge in [0.15, 0.2) is 0 Å². The van der Waals surface area contributed by atoms with Crippen molar-refractivity contribution in [1.29, 1.82) is 0 Å². The van der Waals surface area contributed by atoms with Crippen LogP contribution in [0.4, 0.5) is 11.6 Å². The van der Waals surface area contributed by atoms with Gasteiger partial charge in [-0.15, -0.1) is 0 Å². The van der Waals surface area contributed by atoms with E-state index in [2.05, 4.69) is 15.3 Å². The second kappa shape index (κ2) is 5.50. The molecule has 0 aliphatic heterocycles. The molecule has 1 unspecified atom stereocenters. The first-order valence-corrected chi connectivity index (χ1v) is 5.21. The van der Waals surface area contributed by atoms with Crippen LogP contribution in [0.1, 0.15) is 26.1 Å². The summed E-state index contributed by atoms with van der Waals surface area (Å²) in [5.74, 6) is 1.84. The van der Waals surface area contributed by atoms with Gasteiger partial charge in [0.05, 0.1) is 6.10 Å². The Balaban J connectivity index is 2.64. The summed E-state index contributed by atoms with van der Waals surface area (Å²) < 4.78 is 0. The van der Waals surface area contributed by atoms with Gasteiger partial charge in [0.25, 0.3) is 0 Å². The van der Waals surface area contributed by atoms with Crippen LogP contribution in [0.2, 0.25) is 0 Å². The Hall–Kier alpha value is -1.36. The third-order valence-corrected chi connectivity index (χ3v) is 2.10. The first kappa shape index (κ1) is 11.7. The molecule has 0 bridgehead atoms. The van der Waals surface area contributed by atoms with Crippen LogP contribution in [0.15, 0.2) is 6.07 Å². The Morgan fingerprint density at radius 2 is 2.20 bits per heavy atom. The molecule has 1 aromatic rings. The van der Waals surface area contributed by atoms with Gasteiger partial charge >= 0.3 is 0 Å². The Morgan fingerprint density at radius 3 is 2.80 bits per heavy atom. The lowest BCUT2D eigenvalue weighted by Crippen LogP contribution is -2.19. The average Bonchev–Trinajstić information content (AvgIpc) is 2.25. The first-order valence-electron chi connectivity index (χ1n) is 5.21. The van der Waals surface area contributed by atoms with E-state index in [1.165, 1.54) is 0 Å². The summed E-state index contributed by atoms with van der Waals surface area (Å²) in [5.41, 5.74) is 5.62. The second-order valence-electron chi connectivity index (χ2n) is 3.39. The Morgan fingerprint density at radius 1 is 1.47 bits per heavy atom. The zero-order chi connectivity index (χ0) is 11.3. The van der Waals surface area contributed by atoms with Crippen molar-refractivity contribution in [2.45, 2.75) is 32.8 Å². The maximum atomic E-state index is 9.38. The van der Waals surface area contributed by atoms with Gasteiger partial charge in [-0.2, -0.15) is 0 Å².